The van der Waals surface area contributed by atoms with Crippen molar-refractivity contribution in [2.24, 2.45) is 22.7 Å². The number of rotatable bonds is 4. The summed E-state index contributed by atoms with van der Waals surface area (Å²) in [5, 5.41) is 8.54. The van der Waals surface area contributed by atoms with E-state index in [4.69, 9.17) is 5.26 Å². The molecule has 3 heteroatoms. The van der Waals surface area contributed by atoms with Crippen molar-refractivity contribution >= 4 is 11.6 Å². The van der Waals surface area contributed by atoms with Gasteiger partial charge >= 0.3 is 0 Å². The van der Waals surface area contributed by atoms with Crippen LogP contribution in [0.4, 0.5) is 0 Å². The highest BCUT2D eigenvalue weighted by atomic mass is 16.1. The van der Waals surface area contributed by atoms with E-state index in [9.17, 15) is 9.59 Å². The summed E-state index contributed by atoms with van der Waals surface area (Å²) in [5.41, 5.74) is -0.720. The Bertz CT molecular complexity index is 382. The first-order chi connectivity index (χ1) is 8.48. The maximum absolute atomic E-state index is 11.2. The van der Waals surface area contributed by atoms with Gasteiger partial charge in [-0.05, 0) is 26.7 Å². The molecule has 0 aromatic rings. The molecule has 0 saturated heterocycles. The molecule has 0 heterocycles. The first kappa shape index (κ1) is 21.1. The maximum atomic E-state index is 11.2. The Morgan fingerprint density at radius 1 is 1.10 bits per heavy atom. The second-order valence-electron chi connectivity index (χ2n) is 6.84. The Morgan fingerprint density at radius 2 is 1.50 bits per heavy atom. The molecule has 1 saturated carbocycles. The van der Waals surface area contributed by atoms with E-state index >= 15 is 0 Å². The molecule has 0 aliphatic heterocycles. The van der Waals surface area contributed by atoms with Gasteiger partial charge in [0.25, 0.3) is 0 Å². The van der Waals surface area contributed by atoms with E-state index in [0.29, 0.717) is 5.78 Å². The van der Waals surface area contributed by atoms with E-state index in [0.717, 1.165) is 12.8 Å². The summed E-state index contributed by atoms with van der Waals surface area (Å²) in [7, 11) is 0. The molecule has 0 spiro atoms. The van der Waals surface area contributed by atoms with Gasteiger partial charge in [0.05, 0.1) is 6.07 Å². The van der Waals surface area contributed by atoms with Gasteiger partial charge in [0.15, 0.2) is 5.78 Å². The van der Waals surface area contributed by atoms with E-state index in [1.807, 2.05) is 19.9 Å². The molecule has 0 amide bonds. The molecule has 0 atom stereocenters. The zero-order valence-electron chi connectivity index (χ0n) is 13.3. The van der Waals surface area contributed by atoms with Crippen LogP contribution in [0, 0.1) is 34.0 Å². The van der Waals surface area contributed by atoms with E-state index in [1.54, 1.807) is 27.7 Å². The minimum absolute atomic E-state index is 0. The number of Topliss-reactive ketones (excluding diaryl/α,β-unsaturated/α-hetero) is 2. The van der Waals surface area contributed by atoms with Crippen LogP contribution < -0.4 is 0 Å². The quantitative estimate of drug-likeness (QED) is 0.767. The summed E-state index contributed by atoms with van der Waals surface area (Å²) in [5.74, 6) is 0.643. The molecule has 3 nitrogen and oxygen atoms in total. The summed E-state index contributed by atoms with van der Waals surface area (Å²) >= 11 is 0. The average Bonchev–Trinajstić information content (AvgIpc) is 3.07. The third kappa shape index (κ3) is 5.86. The SMILES string of the molecule is C.CC(C)C(=O)C(C)(C)C#N.CC(C)C(=O)C1(C)CC1. The second-order valence-corrected chi connectivity index (χ2v) is 6.84. The van der Waals surface area contributed by atoms with E-state index < -0.39 is 5.41 Å². The van der Waals surface area contributed by atoms with E-state index in [1.165, 1.54) is 0 Å². The number of hydrogen-bond donors (Lipinski definition) is 0. The molecule has 1 fully saturated rings. The molecule has 0 aromatic heterocycles. The van der Waals surface area contributed by atoms with Crippen LogP contribution in [0.2, 0.25) is 0 Å². The van der Waals surface area contributed by atoms with Crippen LogP contribution in [-0.4, -0.2) is 11.6 Å². The Balaban J connectivity index is 0. The molecule has 1 aliphatic rings. The molecular weight excluding hydrogens is 250 g/mol. The number of ketones is 2. The van der Waals surface area contributed by atoms with Gasteiger partial charge in [0.1, 0.15) is 11.2 Å². The van der Waals surface area contributed by atoms with Gasteiger partial charge in [-0.25, -0.2) is 0 Å². The molecule has 116 valence electrons. The lowest BCUT2D eigenvalue weighted by Crippen LogP contribution is -2.26. The highest BCUT2D eigenvalue weighted by Gasteiger charge is 2.45. The van der Waals surface area contributed by atoms with Gasteiger partial charge in [-0.1, -0.05) is 42.0 Å². The number of hydrogen-bond acceptors (Lipinski definition) is 3. The highest BCUT2D eigenvalue weighted by molar-refractivity contribution is 5.88. The Morgan fingerprint density at radius 3 is 1.60 bits per heavy atom. The normalized spacial score (nSPS) is 15.6. The standard InChI is InChI=1S/C8H13NO.C8H14O.CH4/c1-6(2)7(10)8(3,4)5-9;1-6(2)7(9)8(3)4-5-8;/h6H,1-4H3;6H,4-5H2,1-3H3;1H4. The summed E-state index contributed by atoms with van der Waals surface area (Å²) in [6, 6.07) is 1.97. The smallest absolute Gasteiger partial charge is 0.155 e. The van der Waals surface area contributed by atoms with Crippen LogP contribution in [0.3, 0.4) is 0 Å². The fraction of sp³-hybridized carbons (Fsp3) is 0.824. The molecule has 0 unspecified atom stereocenters. The van der Waals surface area contributed by atoms with Crippen molar-refractivity contribution in [1.82, 2.24) is 0 Å². The molecule has 0 bridgehead atoms. The summed E-state index contributed by atoms with van der Waals surface area (Å²) < 4.78 is 0. The van der Waals surface area contributed by atoms with Crippen molar-refractivity contribution in [1.29, 1.82) is 5.26 Å². The molecule has 0 aromatic carbocycles. The molecule has 1 aliphatic carbocycles. The maximum Gasteiger partial charge on any atom is 0.155 e. The van der Waals surface area contributed by atoms with Crippen LogP contribution in [0.1, 0.15) is 68.7 Å². The average molecular weight is 281 g/mol. The van der Waals surface area contributed by atoms with Gasteiger partial charge in [0.2, 0.25) is 0 Å². The van der Waals surface area contributed by atoms with Crippen molar-refractivity contribution < 1.29 is 9.59 Å². The minimum atomic E-state index is -0.811. The third-order valence-corrected chi connectivity index (χ3v) is 3.54. The van der Waals surface area contributed by atoms with Crippen molar-refractivity contribution in [2.45, 2.75) is 68.7 Å². The van der Waals surface area contributed by atoms with Crippen LogP contribution in [-0.2, 0) is 9.59 Å². The third-order valence-electron chi connectivity index (χ3n) is 3.54. The van der Waals surface area contributed by atoms with E-state index in [-0.39, 0.29) is 30.5 Å². The monoisotopic (exact) mass is 281 g/mol. The van der Waals surface area contributed by atoms with Crippen LogP contribution in [0.15, 0.2) is 0 Å². The number of nitrogens with zero attached hydrogens (tertiary/aromatic N) is 1. The Kier molecular flexibility index (Phi) is 8.00. The Hall–Kier alpha value is -1.17. The summed E-state index contributed by atoms with van der Waals surface area (Å²) in [6.07, 6.45) is 2.23. The first-order valence-corrected chi connectivity index (χ1v) is 6.98. The number of carbonyl (C=O) groups excluding carboxylic acids is 2. The first-order valence-electron chi connectivity index (χ1n) is 6.98. The van der Waals surface area contributed by atoms with Gasteiger partial charge < -0.3 is 0 Å². The fourth-order valence-corrected chi connectivity index (χ4v) is 1.91. The molecule has 20 heavy (non-hydrogen) atoms. The molecule has 0 N–H and O–H groups in total. The lowest BCUT2D eigenvalue weighted by atomic mass is 9.84. The summed E-state index contributed by atoms with van der Waals surface area (Å²) in [6.45, 7) is 12.9. The lowest BCUT2D eigenvalue weighted by Gasteiger charge is -2.15. The molecule has 1 rings (SSSR count). The van der Waals surface area contributed by atoms with Crippen molar-refractivity contribution in [3.63, 3.8) is 0 Å². The largest absolute Gasteiger partial charge is 0.299 e. The number of nitriles is 1. The van der Waals surface area contributed by atoms with Crippen LogP contribution >= 0.6 is 0 Å². The second kappa shape index (κ2) is 7.57. The van der Waals surface area contributed by atoms with Gasteiger partial charge in [-0.15, -0.1) is 0 Å². The summed E-state index contributed by atoms with van der Waals surface area (Å²) in [4.78, 5) is 22.4. The molecule has 0 radical (unpaired) electrons. The zero-order chi connectivity index (χ0) is 15.4. The lowest BCUT2D eigenvalue weighted by molar-refractivity contribution is -0.127. The van der Waals surface area contributed by atoms with Crippen LogP contribution in [0.5, 0.6) is 0 Å². The predicted molar refractivity (Wildman–Crippen MR) is 83.2 cm³/mol. The zero-order valence-corrected chi connectivity index (χ0v) is 13.3. The molecular formula is C17H31NO2. The van der Waals surface area contributed by atoms with Gasteiger partial charge in [-0.3, -0.25) is 9.59 Å². The van der Waals surface area contributed by atoms with Gasteiger partial charge in [0, 0.05) is 17.3 Å². The highest BCUT2D eigenvalue weighted by Crippen LogP contribution is 2.47. The fourth-order valence-electron chi connectivity index (χ4n) is 1.91. The van der Waals surface area contributed by atoms with Crippen LogP contribution in [0.25, 0.3) is 0 Å². The minimum Gasteiger partial charge on any atom is -0.299 e. The van der Waals surface area contributed by atoms with Gasteiger partial charge in [-0.2, -0.15) is 5.26 Å². The van der Waals surface area contributed by atoms with E-state index in [2.05, 4.69) is 6.92 Å². The van der Waals surface area contributed by atoms with Crippen molar-refractivity contribution in [3.05, 3.63) is 0 Å². The topological polar surface area (TPSA) is 57.9 Å². The predicted octanol–water partition coefficient (Wildman–Crippen LogP) is 4.41. The van der Waals surface area contributed by atoms with Crippen molar-refractivity contribution in [3.8, 4) is 6.07 Å². The Labute approximate surface area is 124 Å². The number of carbonyl (C=O) groups is 2. The van der Waals surface area contributed by atoms with Crippen molar-refractivity contribution in [2.75, 3.05) is 0 Å².